The molecule has 114 valence electrons. The summed E-state index contributed by atoms with van der Waals surface area (Å²) in [5, 5.41) is 13.9. The van der Waals surface area contributed by atoms with Crippen LogP contribution in [0.2, 0.25) is 0 Å². The molecule has 0 aliphatic heterocycles. The first-order valence-corrected chi connectivity index (χ1v) is 6.60. The smallest absolute Gasteiger partial charge is 0.335 e. The number of carboxylic acids is 1. The predicted molar refractivity (Wildman–Crippen MR) is 76.7 cm³/mol. The highest BCUT2D eigenvalue weighted by Crippen LogP contribution is 2.05. The van der Waals surface area contributed by atoms with Crippen molar-refractivity contribution >= 4 is 17.9 Å². The van der Waals surface area contributed by atoms with E-state index in [-0.39, 0.29) is 18.0 Å². The van der Waals surface area contributed by atoms with E-state index in [1.165, 1.54) is 12.1 Å². The van der Waals surface area contributed by atoms with E-state index in [1.54, 1.807) is 12.1 Å². The number of hydrogen-bond donors (Lipinski definition) is 4. The van der Waals surface area contributed by atoms with Gasteiger partial charge in [-0.3, -0.25) is 4.79 Å². The van der Waals surface area contributed by atoms with Gasteiger partial charge in [0.1, 0.15) is 6.04 Å². The zero-order valence-corrected chi connectivity index (χ0v) is 11.8. The molecular weight excluding hydrogens is 274 g/mol. The summed E-state index contributed by atoms with van der Waals surface area (Å²) in [5.41, 5.74) is 5.98. The molecule has 0 fully saturated rings. The molecule has 1 aromatic carbocycles. The van der Waals surface area contributed by atoms with E-state index in [0.717, 1.165) is 12.0 Å². The van der Waals surface area contributed by atoms with Crippen LogP contribution in [0.5, 0.6) is 0 Å². The predicted octanol–water partition coefficient (Wildman–Crippen LogP) is 0.838. The largest absolute Gasteiger partial charge is 0.478 e. The monoisotopic (exact) mass is 293 g/mol. The van der Waals surface area contributed by atoms with Crippen LogP contribution < -0.4 is 16.4 Å². The van der Waals surface area contributed by atoms with E-state index in [9.17, 15) is 14.4 Å². The Kier molecular flexibility index (Phi) is 6.19. The van der Waals surface area contributed by atoms with Crippen molar-refractivity contribution in [3.8, 4) is 0 Å². The fourth-order valence-corrected chi connectivity index (χ4v) is 1.81. The Labute approximate surface area is 122 Å². The molecule has 1 aromatic rings. The first-order chi connectivity index (χ1) is 9.93. The average Bonchev–Trinajstić information content (AvgIpc) is 2.44. The van der Waals surface area contributed by atoms with Crippen LogP contribution in [0.3, 0.4) is 0 Å². The summed E-state index contributed by atoms with van der Waals surface area (Å²) in [4.78, 5) is 33.5. The van der Waals surface area contributed by atoms with Gasteiger partial charge in [-0.15, -0.1) is 0 Å². The minimum atomic E-state index is -1.00. The van der Waals surface area contributed by atoms with Gasteiger partial charge in [-0.2, -0.15) is 0 Å². The zero-order valence-electron chi connectivity index (χ0n) is 11.8. The van der Waals surface area contributed by atoms with Crippen molar-refractivity contribution < 1.29 is 19.5 Å². The standard InChI is InChI=1S/C14H19N3O4/c1-2-3-11(17-14(15)21)12(18)16-8-9-4-6-10(7-5-9)13(19)20/h4-7,11H,2-3,8H2,1H3,(H,16,18)(H,19,20)(H3,15,17,21)/t11-/m1/s1. The summed E-state index contributed by atoms with van der Waals surface area (Å²) in [5.74, 6) is -1.32. The van der Waals surface area contributed by atoms with E-state index in [4.69, 9.17) is 10.8 Å². The number of amides is 3. The molecule has 0 saturated heterocycles. The Hall–Kier alpha value is -2.57. The Balaban J connectivity index is 2.57. The maximum Gasteiger partial charge on any atom is 0.335 e. The van der Waals surface area contributed by atoms with E-state index in [2.05, 4.69) is 10.6 Å². The number of nitrogens with two attached hydrogens (primary N) is 1. The van der Waals surface area contributed by atoms with Crippen molar-refractivity contribution in [3.05, 3.63) is 35.4 Å². The molecule has 0 saturated carbocycles. The van der Waals surface area contributed by atoms with Gasteiger partial charge in [0.25, 0.3) is 0 Å². The van der Waals surface area contributed by atoms with Gasteiger partial charge in [-0.1, -0.05) is 25.5 Å². The van der Waals surface area contributed by atoms with E-state index in [1.807, 2.05) is 6.92 Å². The lowest BCUT2D eigenvalue weighted by molar-refractivity contribution is -0.123. The molecule has 1 rings (SSSR count). The van der Waals surface area contributed by atoms with Crippen LogP contribution >= 0.6 is 0 Å². The van der Waals surface area contributed by atoms with Crippen LogP contribution in [0.25, 0.3) is 0 Å². The highest BCUT2D eigenvalue weighted by molar-refractivity contribution is 5.88. The van der Waals surface area contributed by atoms with Gasteiger partial charge in [0.05, 0.1) is 5.56 Å². The van der Waals surface area contributed by atoms with Crippen molar-refractivity contribution in [1.82, 2.24) is 10.6 Å². The van der Waals surface area contributed by atoms with Crippen LogP contribution in [0, 0.1) is 0 Å². The van der Waals surface area contributed by atoms with Gasteiger partial charge < -0.3 is 21.5 Å². The number of primary amides is 1. The third-order valence-corrected chi connectivity index (χ3v) is 2.88. The van der Waals surface area contributed by atoms with Gasteiger partial charge in [0, 0.05) is 6.54 Å². The topological polar surface area (TPSA) is 122 Å². The van der Waals surface area contributed by atoms with Crippen LogP contribution in [0.15, 0.2) is 24.3 Å². The summed E-state index contributed by atoms with van der Waals surface area (Å²) in [6.45, 7) is 2.15. The number of nitrogens with one attached hydrogen (secondary N) is 2. The molecule has 1 atom stereocenters. The zero-order chi connectivity index (χ0) is 15.8. The second kappa shape index (κ2) is 7.88. The average molecular weight is 293 g/mol. The van der Waals surface area contributed by atoms with Gasteiger partial charge in [0.15, 0.2) is 0 Å². The Morgan fingerprint density at radius 2 is 1.86 bits per heavy atom. The number of carboxylic acid groups (broad SMARTS) is 1. The van der Waals surface area contributed by atoms with Gasteiger partial charge in [-0.25, -0.2) is 9.59 Å². The summed E-state index contributed by atoms with van der Waals surface area (Å²) in [6.07, 6.45) is 1.22. The third-order valence-electron chi connectivity index (χ3n) is 2.88. The molecule has 5 N–H and O–H groups in total. The normalized spacial score (nSPS) is 11.5. The molecule has 0 aliphatic carbocycles. The molecule has 21 heavy (non-hydrogen) atoms. The molecular formula is C14H19N3O4. The lowest BCUT2D eigenvalue weighted by Crippen LogP contribution is -2.48. The highest BCUT2D eigenvalue weighted by atomic mass is 16.4. The summed E-state index contributed by atoms with van der Waals surface area (Å²) in [7, 11) is 0. The summed E-state index contributed by atoms with van der Waals surface area (Å²) >= 11 is 0. The molecule has 0 aliphatic rings. The SMILES string of the molecule is CCC[C@@H](NC(N)=O)C(=O)NCc1ccc(C(=O)O)cc1. The number of benzene rings is 1. The number of rotatable bonds is 7. The summed E-state index contributed by atoms with van der Waals surface area (Å²) < 4.78 is 0. The van der Waals surface area contributed by atoms with Crippen LogP contribution in [0.1, 0.15) is 35.7 Å². The number of aromatic carboxylic acids is 1. The van der Waals surface area contributed by atoms with Crippen molar-refractivity contribution in [2.45, 2.75) is 32.4 Å². The molecule has 0 radical (unpaired) electrons. The van der Waals surface area contributed by atoms with Crippen molar-refractivity contribution in [2.75, 3.05) is 0 Å². The molecule has 0 spiro atoms. The first kappa shape index (κ1) is 16.5. The number of carbonyl (C=O) groups excluding carboxylic acids is 2. The quantitative estimate of drug-likeness (QED) is 0.595. The van der Waals surface area contributed by atoms with Crippen molar-refractivity contribution in [3.63, 3.8) is 0 Å². The molecule has 3 amide bonds. The minimum Gasteiger partial charge on any atom is -0.478 e. The fourth-order valence-electron chi connectivity index (χ4n) is 1.81. The molecule has 0 aromatic heterocycles. The van der Waals surface area contributed by atoms with Gasteiger partial charge in [0.2, 0.25) is 5.91 Å². The molecule has 0 bridgehead atoms. The number of hydrogen-bond acceptors (Lipinski definition) is 3. The Morgan fingerprint density at radius 1 is 1.24 bits per heavy atom. The highest BCUT2D eigenvalue weighted by Gasteiger charge is 2.18. The maximum absolute atomic E-state index is 11.9. The van der Waals surface area contributed by atoms with Crippen LogP contribution in [0.4, 0.5) is 4.79 Å². The Morgan fingerprint density at radius 3 is 2.33 bits per heavy atom. The van der Waals surface area contributed by atoms with Crippen LogP contribution in [-0.4, -0.2) is 29.1 Å². The van der Waals surface area contributed by atoms with E-state index in [0.29, 0.717) is 6.42 Å². The van der Waals surface area contributed by atoms with Crippen LogP contribution in [-0.2, 0) is 11.3 Å². The van der Waals surface area contributed by atoms with Crippen molar-refractivity contribution in [2.24, 2.45) is 5.73 Å². The Bertz CT molecular complexity index is 513. The lowest BCUT2D eigenvalue weighted by atomic mass is 10.1. The third kappa shape index (κ3) is 5.52. The molecule has 7 nitrogen and oxygen atoms in total. The first-order valence-electron chi connectivity index (χ1n) is 6.60. The van der Waals surface area contributed by atoms with Crippen molar-refractivity contribution in [1.29, 1.82) is 0 Å². The summed E-state index contributed by atoms with van der Waals surface area (Å²) in [6, 6.07) is 4.78. The maximum atomic E-state index is 11.9. The molecule has 0 unspecified atom stereocenters. The second-order valence-corrected chi connectivity index (χ2v) is 4.57. The number of carbonyl (C=O) groups is 3. The lowest BCUT2D eigenvalue weighted by Gasteiger charge is -2.16. The second-order valence-electron chi connectivity index (χ2n) is 4.57. The van der Waals surface area contributed by atoms with E-state index >= 15 is 0 Å². The molecule has 0 heterocycles. The van der Waals surface area contributed by atoms with Gasteiger partial charge >= 0.3 is 12.0 Å². The molecule has 7 heteroatoms. The number of urea groups is 1. The fraction of sp³-hybridized carbons (Fsp3) is 0.357. The van der Waals surface area contributed by atoms with Gasteiger partial charge in [-0.05, 0) is 24.1 Å². The minimum absolute atomic E-state index is 0.185. The van der Waals surface area contributed by atoms with E-state index < -0.39 is 18.0 Å².